The zero-order valence-electron chi connectivity index (χ0n) is 9.10. The highest BCUT2D eigenvalue weighted by Gasteiger charge is 2.17. The van der Waals surface area contributed by atoms with E-state index in [1.807, 2.05) is 6.07 Å². The van der Waals surface area contributed by atoms with E-state index < -0.39 is 0 Å². The Bertz CT molecular complexity index is 799. The molecule has 84 valence electrons. The zero-order chi connectivity index (χ0) is 11.4. The van der Waals surface area contributed by atoms with Crippen LogP contribution in [-0.4, -0.2) is 19.6 Å². The van der Waals surface area contributed by atoms with Crippen molar-refractivity contribution >= 4 is 16.6 Å². The highest BCUT2D eigenvalue weighted by Crippen LogP contribution is 2.28. The van der Waals surface area contributed by atoms with E-state index in [9.17, 15) is 4.79 Å². The Morgan fingerprint density at radius 3 is 3.18 bits per heavy atom. The van der Waals surface area contributed by atoms with Gasteiger partial charge in [-0.3, -0.25) is 0 Å². The summed E-state index contributed by atoms with van der Waals surface area (Å²) in [5.41, 5.74) is 3.82. The van der Waals surface area contributed by atoms with E-state index in [1.165, 1.54) is 22.0 Å². The van der Waals surface area contributed by atoms with Gasteiger partial charge in [-0.2, -0.15) is 14.6 Å². The highest BCUT2D eigenvalue weighted by atomic mass is 16.1. The molecular weight excluding hydrogens is 216 g/mol. The number of benzene rings is 1. The molecule has 0 saturated heterocycles. The molecule has 5 nitrogen and oxygen atoms in total. The molecule has 0 saturated carbocycles. The minimum absolute atomic E-state index is 0.311. The Labute approximate surface area is 96.1 Å². The summed E-state index contributed by atoms with van der Waals surface area (Å²) in [4.78, 5) is 19.0. The van der Waals surface area contributed by atoms with E-state index in [0.717, 1.165) is 35.8 Å². The molecule has 0 atom stereocenters. The summed E-state index contributed by atoms with van der Waals surface area (Å²) < 4.78 is 1.31. The lowest BCUT2D eigenvalue weighted by molar-refractivity contribution is 0.878. The maximum Gasteiger partial charge on any atom is 0.370 e. The predicted molar refractivity (Wildman–Crippen MR) is 63.1 cm³/mol. The van der Waals surface area contributed by atoms with Gasteiger partial charge in [0.25, 0.3) is 0 Å². The maximum absolute atomic E-state index is 11.8. The monoisotopic (exact) mass is 226 g/mol. The Morgan fingerprint density at radius 1 is 1.29 bits per heavy atom. The van der Waals surface area contributed by atoms with E-state index in [-0.39, 0.29) is 5.69 Å². The number of hydrogen-bond donors (Lipinski definition) is 1. The van der Waals surface area contributed by atoms with Gasteiger partial charge >= 0.3 is 5.69 Å². The first kappa shape index (κ1) is 8.92. The van der Waals surface area contributed by atoms with Gasteiger partial charge in [-0.25, -0.2) is 4.79 Å². The molecule has 3 aromatic rings. The van der Waals surface area contributed by atoms with Gasteiger partial charge in [0.2, 0.25) is 0 Å². The van der Waals surface area contributed by atoms with Crippen LogP contribution in [0.5, 0.6) is 0 Å². The van der Waals surface area contributed by atoms with Crippen LogP contribution in [0.1, 0.15) is 17.5 Å². The van der Waals surface area contributed by atoms with Crippen LogP contribution in [-0.2, 0) is 12.8 Å². The third-order valence-corrected chi connectivity index (χ3v) is 3.48. The van der Waals surface area contributed by atoms with Crippen LogP contribution in [0.2, 0.25) is 0 Å². The average molecular weight is 226 g/mol. The second-order valence-electron chi connectivity index (χ2n) is 4.40. The molecule has 0 spiro atoms. The second kappa shape index (κ2) is 2.94. The van der Waals surface area contributed by atoms with Crippen molar-refractivity contribution in [3.63, 3.8) is 0 Å². The lowest BCUT2D eigenvalue weighted by Gasteiger charge is -2.04. The minimum Gasteiger partial charge on any atom is -0.329 e. The molecule has 17 heavy (non-hydrogen) atoms. The molecule has 1 aliphatic carbocycles. The number of aromatic amines is 1. The number of aromatic nitrogens is 4. The van der Waals surface area contributed by atoms with Gasteiger partial charge < -0.3 is 4.98 Å². The van der Waals surface area contributed by atoms with Crippen molar-refractivity contribution in [2.24, 2.45) is 0 Å². The Balaban J connectivity index is 2.30. The topological polar surface area (TPSA) is 63.0 Å². The molecule has 0 radical (unpaired) electrons. The van der Waals surface area contributed by atoms with Crippen molar-refractivity contribution in [3.8, 4) is 0 Å². The molecular formula is C12H10N4O. The normalized spacial score (nSPS) is 14.6. The van der Waals surface area contributed by atoms with Gasteiger partial charge in [0.15, 0.2) is 0 Å². The average Bonchev–Trinajstić information content (AvgIpc) is 2.97. The lowest BCUT2D eigenvalue weighted by atomic mass is 10.1. The molecule has 0 amide bonds. The van der Waals surface area contributed by atoms with Gasteiger partial charge in [0.1, 0.15) is 12.0 Å². The molecule has 1 aliphatic rings. The summed E-state index contributed by atoms with van der Waals surface area (Å²) in [6.07, 6.45) is 4.78. The third-order valence-electron chi connectivity index (χ3n) is 3.48. The largest absolute Gasteiger partial charge is 0.370 e. The first-order valence-corrected chi connectivity index (χ1v) is 5.71. The molecule has 4 rings (SSSR count). The van der Waals surface area contributed by atoms with Crippen LogP contribution in [0.3, 0.4) is 0 Å². The molecule has 2 heterocycles. The molecule has 2 aromatic heterocycles. The number of nitrogens with one attached hydrogen (secondary N) is 1. The molecule has 0 unspecified atom stereocenters. The maximum atomic E-state index is 11.8. The fraction of sp³-hybridized carbons (Fsp3) is 0.250. The van der Waals surface area contributed by atoms with Crippen LogP contribution >= 0.6 is 0 Å². The van der Waals surface area contributed by atoms with Crippen LogP contribution in [0.25, 0.3) is 16.6 Å². The Hall–Kier alpha value is -2.17. The quantitative estimate of drug-likeness (QED) is 0.623. The first-order valence-electron chi connectivity index (χ1n) is 5.71. The van der Waals surface area contributed by atoms with Gasteiger partial charge in [-0.15, -0.1) is 0 Å². The number of hydrogen-bond acceptors (Lipinski definition) is 3. The molecule has 0 bridgehead atoms. The van der Waals surface area contributed by atoms with Crippen LogP contribution in [0, 0.1) is 0 Å². The van der Waals surface area contributed by atoms with E-state index in [1.54, 1.807) is 0 Å². The molecule has 0 fully saturated rings. The van der Waals surface area contributed by atoms with Gasteiger partial charge in [0.05, 0.1) is 5.52 Å². The molecule has 5 heteroatoms. The Kier molecular flexibility index (Phi) is 1.54. The predicted octanol–water partition coefficient (Wildman–Crippen LogP) is 1.06. The number of fused-ring (bicyclic) bond motifs is 5. The first-order chi connectivity index (χ1) is 8.34. The SMILES string of the molecule is O=c1nc2c3c(ccc2c2[nH]cnn12)CCC3. The van der Waals surface area contributed by atoms with Crippen molar-refractivity contribution in [3.05, 3.63) is 40.1 Å². The van der Waals surface area contributed by atoms with Crippen molar-refractivity contribution in [1.82, 2.24) is 19.6 Å². The van der Waals surface area contributed by atoms with Crippen molar-refractivity contribution in [2.45, 2.75) is 19.3 Å². The number of H-pyrrole nitrogens is 1. The number of aryl methyl sites for hydroxylation is 2. The highest BCUT2D eigenvalue weighted by molar-refractivity contribution is 5.93. The van der Waals surface area contributed by atoms with E-state index in [0.29, 0.717) is 0 Å². The number of nitrogens with zero attached hydrogens (tertiary/aromatic N) is 3. The smallest absolute Gasteiger partial charge is 0.329 e. The third kappa shape index (κ3) is 1.06. The summed E-state index contributed by atoms with van der Waals surface area (Å²) in [6, 6.07) is 4.16. The summed E-state index contributed by atoms with van der Waals surface area (Å²) in [7, 11) is 0. The summed E-state index contributed by atoms with van der Waals surface area (Å²) in [5, 5.41) is 4.92. The van der Waals surface area contributed by atoms with E-state index >= 15 is 0 Å². The minimum atomic E-state index is -0.311. The summed E-state index contributed by atoms with van der Waals surface area (Å²) in [5.74, 6) is 0. The fourth-order valence-electron chi connectivity index (χ4n) is 2.71. The summed E-state index contributed by atoms with van der Waals surface area (Å²) >= 11 is 0. The van der Waals surface area contributed by atoms with E-state index in [4.69, 9.17) is 0 Å². The Morgan fingerprint density at radius 2 is 2.24 bits per heavy atom. The standard InChI is InChI=1S/C12H10N4O/c17-12-15-10-8-3-1-2-7(8)4-5-9(10)11-13-6-14-16(11)12/h4-6H,1-3H2,(H,13,14). The van der Waals surface area contributed by atoms with Crippen molar-refractivity contribution in [2.75, 3.05) is 0 Å². The van der Waals surface area contributed by atoms with Crippen molar-refractivity contribution in [1.29, 1.82) is 0 Å². The fourth-order valence-corrected chi connectivity index (χ4v) is 2.71. The van der Waals surface area contributed by atoms with Gasteiger partial charge in [-0.05, 0) is 36.5 Å². The molecule has 1 N–H and O–H groups in total. The van der Waals surface area contributed by atoms with Crippen LogP contribution < -0.4 is 5.69 Å². The van der Waals surface area contributed by atoms with Crippen LogP contribution in [0.4, 0.5) is 0 Å². The van der Waals surface area contributed by atoms with Gasteiger partial charge in [0, 0.05) is 5.39 Å². The molecule has 0 aliphatic heterocycles. The van der Waals surface area contributed by atoms with Crippen LogP contribution in [0.15, 0.2) is 23.3 Å². The van der Waals surface area contributed by atoms with Gasteiger partial charge in [-0.1, -0.05) is 6.07 Å². The number of rotatable bonds is 0. The zero-order valence-corrected chi connectivity index (χ0v) is 9.10. The van der Waals surface area contributed by atoms with Crippen molar-refractivity contribution < 1.29 is 0 Å². The summed E-state index contributed by atoms with van der Waals surface area (Å²) in [6.45, 7) is 0. The molecule has 1 aromatic carbocycles. The second-order valence-corrected chi connectivity index (χ2v) is 4.40. The lowest BCUT2D eigenvalue weighted by Crippen LogP contribution is -2.18. The van der Waals surface area contributed by atoms with E-state index in [2.05, 4.69) is 21.1 Å².